The second-order valence-electron chi connectivity index (χ2n) is 2.39. The molecule has 2 nitrogen and oxygen atoms in total. The van der Waals surface area contributed by atoms with Crippen LogP contribution >= 0.6 is 0 Å². The molecular formula is C8H6FN2. The second kappa shape index (κ2) is 2.05. The lowest BCUT2D eigenvalue weighted by Gasteiger charge is -1.97. The molecule has 0 saturated heterocycles. The van der Waals surface area contributed by atoms with Crippen LogP contribution < -0.4 is 0 Å². The summed E-state index contributed by atoms with van der Waals surface area (Å²) in [4.78, 5) is 3.88. The average Bonchev–Trinajstić information content (AvgIpc) is 2.45. The Hall–Kier alpha value is -1.38. The van der Waals surface area contributed by atoms with Gasteiger partial charge in [0.05, 0.1) is 0 Å². The molecule has 0 fully saturated rings. The fourth-order valence-electron chi connectivity index (χ4n) is 1.04. The summed E-state index contributed by atoms with van der Waals surface area (Å²) in [6.45, 7) is 1.70. The smallest absolute Gasteiger partial charge is 0.143 e. The van der Waals surface area contributed by atoms with Gasteiger partial charge in [0.25, 0.3) is 0 Å². The van der Waals surface area contributed by atoms with Gasteiger partial charge in [-0.05, 0) is 13.0 Å². The SMILES string of the molecule is Cc1c(F)ccn2c[c]nc12. The topological polar surface area (TPSA) is 17.3 Å². The largest absolute Gasteiger partial charge is 0.306 e. The molecule has 0 bridgehead atoms. The van der Waals surface area contributed by atoms with Gasteiger partial charge in [0, 0.05) is 18.0 Å². The second-order valence-corrected chi connectivity index (χ2v) is 2.39. The van der Waals surface area contributed by atoms with E-state index < -0.39 is 0 Å². The summed E-state index contributed by atoms with van der Waals surface area (Å²) in [7, 11) is 0. The van der Waals surface area contributed by atoms with E-state index in [2.05, 4.69) is 11.2 Å². The van der Waals surface area contributed by atoms with E-state index in [1.807, 2.05) is 0 Å². The number of hydrogen-bond acceptors (Lipinski definition) is 1. The van der Waals surface area contributed by atoms with Gasteiger partial charge >= 0.3 is 0 Å². The number of hydrogen-bond donors (Lipinski definition) is 0. The minimum Gasteiger partial charge on any atom is -0.306 e. The number of fused-ring (bicyclic) bond motifs is 1. The maximum Gasteiger partial charge on any atom is 0.143 e. The van der Waals surface area contributed by atoms with Gasteiger partial charge < -0.3 is 4.40 Å². The molecular weight excluding hydrogens is 143 g/mol. The van der Waals surface area contributed by atoms with E-state index in [0.717, 1.165) is 0 Å². The molecule has 0 unspecified atom stereocenters. The van der Waals surface area contributed by atoms with Crippen LogP contribution in [0.3, 0.4) is 0 Å². The summed E-state index contributed by atoms with van der Waals surface area (Å²) in [5, 5.41) is 0. The molecule has 0 N–H and O–H groups in total. The maximum absolute atomic E-state index is 12.9. The zero-order valence-corrected chi connectivity index (χ0v) is 6.00. The van der Waals surface area contributed by atoms with Gasteiger partial charge in [0.1, 0.15) is 17.7 Å². The van der Waals surface area contributed by atoms with E-state index in [-0.39, 0.29) is 5.82 Å². The molecule has 2 aromatic rings. The summed E-state index contributed by atoms with van der Waals surface area (Å²) in [6, 6.07) is 1.41. The van der Waals surface area contributed by atoms with Crippen molar-refractivity contribution in [3.63, 3.8) is 0 Å². The van der Waals surface area contributed by atoms with Crippen molar-refractivity contribution < 1.29 is 4.39 Å². The minimum absolute atomic E-state index is 0.225. The van der Waals surface area contributed by atoms with Crippen molar-refractivity contribution in [2.45, 2.75) is 6.92 Å². The van der Waals surface area contributed by atoms with E-state index >= 15 is 0 Å². The van der Waals surface area contributed by atoms with Crippen LogP contribution in [0.15, 0.2) is 18.5 Å². The van der Waals surface area contributed by atoms with Gasteiger partial charge in [0.15, 0.2) is 0 Å². The summed E-state index contributed by atoms with van der Waals surface area (Å²) in [5.74, 6) is -0.225. The predicted molar refractivity (Wildman–Crippen MR) is 38.7 cm³/mol. The lowest BCUT2D eigenvalue weighted by Crippen LogP contribution is -1.89. The molecule has 3 heteroatoms. The molecule has 55 valence electrons. The molecule has 2 aromatic heterocycles. The van der Waals surface area contributed by atoms with Gasteiger partial charge in [-0.2, -0.15) is 0 Å². The molecule has 0 aliphatic rings. The van der Waals surface area contributed by atoms with Gasteiger partial charge in [-0.15, -0.1) is 0 Å². The highest BCUT2D eigenvalue weighted by Gasteiger charge is 2.02. The third-order valence-electron chi connectivity index (χ3n) is 1.69. The molecule has 0 aliphatic heterocycles. The third kappa shape index (κ3) is 0.808. The molecule has 2 rings (SSSR count). The van der Waals surface area contributed by atoms with Crippen LogP contribution in [-0.4, -0.2) is 9.38 Å². The summed E-state index contributed by atoms with van der Waals surface area (Å²) in [6.07, 6.45) is 5.95. The van der Waals surface area contributed by atoms with Crippen LogP contribution in [-0.2, 0) is 0 Å². The Morgan fingerprint density at radius 1 is 1.64 bits per heavy atom. The Bertz CT molecular complexity index is 392. The van der Waals surface area contributed by atoms with Gasteiger partial charge in [-0.1, -0.05) is 0 Å². The lowest BCUT2D eigenvalue weighted by atomic mass is 10.3. The van der Waals surface area contributed by atoms with Crippen molar-refractivity contribution in [1.82, 2.24) is 9.38 Å². The number of rotatable bonds is 0. The maximum atomic E-state index is 12.9. The number of imidazole rings is 1. The van der Waals surface area contributed by atoms with Crippen LogP contribution in [0, 0.1) is 18.9 Å². The van der Waals surface area contributed by atoms with E-state index in [9.17, 15) is 4.39 Å². The molecule has 1 radical (unpaired) electrons. The number of pyridine rings is 1. The van der Waals surface area contributed by atoms with Crippen molar-refractivity contribution in [1.29, 1.82) is 0 Å². The lowest BCUT2D eigenvalue weighted by molar-refractivity contribution is 0.617. The van der Waals surface area contributed by atoms with E-state index in [1.54, 1.807) is 23.7 Å². The molecule has 0 aliphatic carbocycles. The zero-order chi connectivity index (χ0) is 7.84. The molecule has 0 atom stereocenters. The van der Waals surface area contributed by atoms with Crippen molar-refractivity contribution in [3.8, 4) is 0 Å². The Kier molecular flexibility index (Phi) is 1.18. The van der Waals surface area contributed by atoms with E-state index in [1.165, 1.54) is 6.07 Å². The Morgan fingerprint density at radius 2 is 2.45 bits per heavy atom. The van der Waals surface area contributed by atoms with Crippen LogP contribution in [0.2, 0.25) is 0 Å². The number of nitrogens with zero attached hydrogens (tertiary/aromatic N) is 2. The van der Waals surface area contributed by atoms with Crippen LogP contribution in [0.25, 0.3) is 5.65 Å². The minimum atomic E-state index is -0.225. The first-order valence-corrected chi connectivity index (χ1v) is 3.29. The van der Waals surface area contributed by atoms with Crippen molar-refractivity contribution in [3.05, 3.63) is 36.0 Å². The number of aromatic nitrogens is 2. The van der Waals surface area contributed by atoms with Crippen LogP contribution in [0.1, 0.15) is 5.56 Å². The molecule has 0 amide bonds. The van der Waals surface area contributed by atoms with Gasteiger partial charge in [-0.25, -0.2) is 9.37 Å². The number of aryl methyl sites for hydroxylation is 1. The molecule has 0 saturated carbocycles. The standard InChI is InChI=1S/C8H6FN2/c1-6-7(9)2-4-11-5-3-10-8(6)11/h2,4-5H,1H3. The summed E-state index contributed by atoms with van der Waals surface area (Å²) in [5.41, 5.74) is 1.19. The van der Waals surface area contributed by atoms with Gasteiger partial charge in [-0.3, -0.25) is 0 Å². The van der Waals surface area contributed by atoms with Crippen LogP contribution in [0.4, 0.5) is 4.39 Å². The summed E-state index contributed by atoms with van der Waals surface area (Å²) >= 11 is 0. The molecule has 11 heavy (non-hydrogen) atoms. The molecule has 0 spiro atoms. The first kappa shape index (κ1) is 6.34. The quantitative estimate of drug-likeness (QED) is 0.556. The van der Waals surface area contributed by atoms with Gasteiger partial charge in [0.2, 0.25) is 0 Å². The average molecular weight is 149 g/mol. The Morgan fingerprint density at radius 3 is 3.27 bits per heavy atom. The fraction of sp³-hybridized carbons (Fsp3) is 0.125. The van der Waals surface area contributed by atoms with E-state index in [0.29, 0.717) is 11.2 Å². The highest BCUT2D eigenvalue weighted by atomic mass is 19.1. The number of halogens is 1. The van der Waals surface area contributed by atoms with Crippen LogP contribution in [0.5, 0.6) is 0 Å². The van der Waals surface area contributed by atoms with Crippen molar-refractivity contribution in [2.24, 2.45) is 0 Å². The zero-order valence-electron chi connectivity index (χ0n) is 6.00. The van der Waals surface area contributed by atoms with Crippen molar-refractivity contribution >= 4 is 5.65 Å². The normalized spacial score (nSPS) is 10.7. The van der Waals surface area contributed by atoms with Crippen molar-refractivity contribution in [2.75, 3.05) is 0 Å². The monoisotopic (exact) mass is 149 g/mol. The highest BCUT2D eigenvalue weighted by molar-refractivity contribution is 5.46. The third-order valence-corrected chi connectivity index (χ3v) is 1.69. The first-order chi connectivity index (χ1) is 5.29. The van der Waals surface area contributed by atoms with E-state index in [4.69, 9.17) is 0 Å². The summed E-state index contributed by atoms with van der Waals surface area (Å²) < 4.78 is 14.6. The predicted octanol–water partition coefficient (Wildman–Crippen LogP) is 1.58. The Balaban J connectivity index is 2.93. The first-order valence-electron chi connectivity index (χ1n) is 3.29. The fourth-order valence-corrected chi connectivity index (χ4v) is 1.04. The highest BCUT2D eigenvalue weighted by Crippen LogP contribution is 2.10. The molecule has 0 aromatic carbocycles. The Labute approximate surface area is 63.3 Å². The molecule has 2 heterocycles.